The number of rotatable bonds is 3. The van der Waals surface area contributed by atoms with Gasteiger partial charge in [-0.2, -0.15) is 0 Å². The first-order chi connectivity index (χ1) is 10.4. The van der Waals surface area contributed by atoms with E-state index in [0.29, 0.717) is 0 Å². The molecule has 1 atom stereocenters. The zero-order valence-electron chi connectivity index (χ0n) is 12.7. The highest BCUT2D eigenvalue weighted by molar-refractivity contribution is 6.30. The first-order valence-corrected chi connectivity index (χ1v) is 7.34. The number of benzene rings is 2. The quantitative estimate of drug-likeness (QED) is 0.823. The van der Waals surface area contributed by atoms with Crippen LogP contribution in [0.1, 0.15) is 29.7 Å². The van der Waals surface area contributed by atoms with E-state index in [4.69, 9.17) is 11.6 Å². The maximum Gasteiger partial charge on any atom is 0.319 e. The van der Waals surface area contributed by atoms with Gasteiger partial charge in [0.15, 0.2) is 0 Å². The smallest absolute Gasteiger partial charge is 0.319 e. The predicted molar refractivity (Wildman–Crippen MR) is 87.9 cm³/mol. The third-order valence-electron chi connectivity index (χ3n) is 3.43. The van der Waals surface area contributed by atoms with Gasteiger partial charge in [0.25, 0.3) is 0 Å². The second kappa shape index (κ2) is 6.79. The highest BCUT2D eigenvalue weighted by atomic mass is 35.5. The van der Waals surface area contributed by atoms with Crippen molar-refractivity contribution in [2.75, 3.05) is 5.32 Å². The van der Waals surface area contributed by atoms with E-state index in [-0.39, 0.29) is 16.8 Å². The Bertz CT molecular complexity index is 703. The average molecular weight is 321 g/mol. The van der Waals surface area contributed by atoms with Crippen LogP contribution in [0.3, 0.4) is 0 Å². The molecule has 2 N–H and O–H groups in total. The average Bonchev–Trinajstić information content (AvgIpc) is 2.44. The van der Waals surface area contributed by atoms with Crippen LogP contribution in [0.2, 0.25) is 5.02 Å². The van der Waals surface area contributed by atoms with Gasteiger partial charge in [0.05, 0.1) is 11.7 Å². The fraction of sp³-hybridized carbons (Fsp3) is 0.235. The lowest BCUT2D eigenvalue weighted by atomic mass is 10.0. The zero-order valence-corrected chi connectivity index (χ0v) is 13.5. The highest BCUT2D eigenvalue weighted by Gasteiger charge is 2.13. The van der Waals surface area contributed by atoms with Crippen LogP contribution in [0.25, 0.3) is 0 Å². The molecule has 0 heterocycles. The topological polar surface area (TPSA) is 41.1 Å². The Labute approximate surface area is 134 Å². The molecule has 0 aliphatic rings. The van der Waals surface area contributed by atoms with E-state index < -0.39 is 11.8 Å². The lowest BCUT2D eigenvalue weighted by Gasteiger charge is -2.18. The Morgan fingerprint density at radius 1 is 1.18 bits per heavy atom. The second-order valence-corrected chi connectivity index (χ2v) is 5.74. The van der Waals surface area contributed by atoms with Crippen molar-refractivity contribution in [1.29, 1.82) is 0 Å². The van der Waals surface area contributed by atoms with E-state index in [9.17, 15) is 9.18 Å². The number of urea groups is 1. The molecule has 0 saturated carbocycles. The minimum Gasteiger partial charge on any atom is -0.331 e. The summed E-state index contributed by atoms with van der Waals surface area (Å²) in [6.45, 7) is 5.88. The summed E-state index contributed by atoms with van der Waals surface area (Å²) in [7, 11) is 0. The summed E-state index contributed by atoms with van der Waals surface area (Å²) in [4.78, 5) is 12.0. The van der Waals surface area contributed by atoms with Gasteiger partial charge in [-0.3, -0.25) is 0 Å². The molecule has 0 saturated heterocycles. The molecular weight excluding hydrogens is 303 g/mol. The summed E-state index contributed by atoms with van der Waals surface area (Å²) < 4.78 is 13.7. The van der Waals surface area contributed by atoms with E-state index in [0.717, 1.165) is 22.8 Å². The number of hydrogen-bond donors (Lipinski definition) is 2. The fourth-order valence-corrected chi connectivity index (χ4v) is 2.41. The van der Waals surface area contributed by atoms with Gasteiger partial charge < -0.3 is 10.6 Å². The van der Waals surface area contributed by atoms with Crippen LogP contribution in [0.5, 0.6) is 0 Å². The largest absolute Gasteiger partial charge is 0.331 e. The van der Waals surface area contributed by atoms with Crippen LogP contribution >= 0.6 is 11.6 Å². The molecule has 0 bridgehead atoms. The normalized spacial score (nSPS) is 11.9. The Balaban J connectivity index is 2.06. The van der Waals surface area contributed by atoms with E-state index >= 15 is 0 Å². The highest BCUT2D eigenvalue weighted by Crippen LogP contribution is 2.21. The van der Waals surface area contributed by atoms with Crippen molar-refractivity contribution in [3.63, 3.8) is 0 Å². The Morgan fingerprint density at radius 2 is 1.91 bits per heavy atom. The van der Waals surface area contributed by atoms with Crippen LogP contribution in [0.4, 0.5) is 14.9 Å². The number of amides is 2. The minimum absolute atomic E-state index is 0.0927. The molecule has 5 heteroatoms. The van der Waals surface area contributed by atoms with Crippen molar-refractivity contribution in [2.45, 2.75) is 26.8 Å². The Kier molecular flexibility index (Phi) is 5.03. The van der Waals surface area contributed by atoms with Crippen molar-refractivity contribution in [1.82, 2.24) is 5.32 Å². The van der Waals surface area contributed by atoms with E-state index in [2.05, 4.69) is 10.6 Å². The number of nitrogens with one attached hydrogen (secondary N) is 2. The molecule has 1 unspecified atom stereocenters. The number of carbonyl (C=O) groups excluding carboxylic acids is 1. The monoisotopic (exact) mass is 320 g/mol. The van der Waals surface area contributed by atoms with Gasteiger partial charge in [-0.05, 0) is 50.1 Å². The third-order valence-corrected chi connectivity index (χ3v) is 3.66. The summed E-state index contributed by atoms with van der Waals surface area (Å²) in [5.41, 5.74) is 3.34. The molecular formula is C17H18ClFN2O. The maximum absolute atomic E-state index is 13.7. The lowest BCUT2D eigenvalue weighted by molar-refractivity contribution is 0.249. The number of anilines is 1. The summed E-state index contributed by atoms with van der Waals surface area (Å²) in [6, 6.07) is 9.53. The fourth-order valence-electron chi connectivity index (χ4n) is 2.25. The molecule has 22 heavy (non-hydrogen) atoms. The van der Waals surface area contributed by atoms with Crippen LogP contribution in [-0.4, -0.2) is 6.03 Å². The summed E-state index contributed by atoms with van der Waals surface area (Å²) in [5.74, 6) is -0.568. The molecule has 3 nitrogen and oxygen atoms in total. The summed E-state index contributed by atoms with van der Waals surface area (Å²) in [6.07, 6.45) is 0. The molecule has 0 radical (unpaired) electrons. The molecule has 0 aliphatic heterocycles. The molecule has 0 aromatic heterocycles. The van der Waals surface area contributed by atoms with Gasteiger partial charge in [0.2, 0.25) is 0 Å². The standard InChI is InChI=1S/C17H18ClFN2O/c1-10-4-5-11(2)14(8-10)12(3)20-17(22)21-16-7-6-13(18)9-15(16)19/h4-9,12H,1-3H3,(H2,20,21,22). The Hall–Kier alpha value is -2.07. The van der Waals surface area contributed by atoms with Gasteiger partial charge in [-0.1, -0.05) is 35.4 Å². The number of hydrogen-bond acceptors (Lipinski definition) is 1. The van der Waals surface area contributed by atoms with Crippen molar-refractivity contribution < 1.29 is 9.18 Å². The third kappa shape index (κ3) is 3.98. The minimum atomic E-state index is -0.568. The number of carbonyl (C=O) groups is 1. The molecule has 0 aliphatic carbocycles. The van der Waals surface area contributed by atoms with Crippen LogP contribution in [0.15, 0.2) is 36.4 Å². The first kappa shape index (κ1) is 16.3. The van der Waals surface area contributed by atoms with Gasteiger partial charge in [-0.15, -0.1) is 0 Å². The molecule has 2 amide bonds. The van der Waals surface area contributed by atoms with Gasteiger partial charge in [-0.25, -0.2) is 9.18 Å². The van der Waals surface area contributed by atoms with Crippen LogP contribution < -0.4 is 10.6 Å². The summed E-state index contributed by atoms with van der Waals surface area (Å²) >= 11 is 5.68. The van der Waals surface area contributed by atoms with Gasteiger partial charge in [0.1, 0.15) is 5.82 Å². The van der Waals surface area contributed by atoms with Gasteiger partial charge >= 0.3 is 6.03 Å². The van der Waals surface area contributed by atoms with E-state index in [1.165, 1.54) is 12.1 Å². The van der Waals surface area contributed by atoms with E-state index in [1.807, 2.05) is 39.0 Å². The lowest BCUT2D eigenvalue weighted by Crippen LogP contribution is -2.31. The predicted octanol–water partition coefficient (Wildman–Crippen LogP) is 4.98. The number of halogens is 2. The first-order valence-electron chi connectivity index (χ1n) is 6.96. The second-order valence-electron chi connectivity index (χ2n) is 5.30. The van der Waals surface area contributed by atoms with Crippen LogP contribution in [0, 0.1) is 19.7 Å². The molecule has 2 aromatic rings. The SMILES string of the molecule is Cc1ccc(C)c(C(C)NC(=O)Nc2ccc(Cl)cc2F)c1. The zero-order chi connectivity index (χ0) is 16.3. The van der Waals surface area contributed by atoms with Crippen molar-refractivity contribution in [3.05, 3.63) is 63.9 Å². The molecule has 116 valence electrons. The molecule has 2 aromatic carbocycles. The molecule has 0 spiro atoms. The van der Waals surface area contributed by atoms with Crippen molar-refractivity contribution in [2.24, 2.45) is 0 Å². The molecule has 0 fully saturated rings. The maximum atomic E-state index is 13.7. The van der Waals surface area contributed by atoms with Crippen molar-refractivity contribution >= 4 is 23.3 Å². The van der Waals surface area contributed by atoms with Crippen molar-refractivity contribution in [3.8, 4) is 0 Å². The molecule has 2 rings (SSSR count). The van der Waals surface area contributed by atoms with Crippen LogP contribution in [-0.2, 0) is 0 Å². The number of aryl methyl sites for hydroxylation is 2. The summed E-state index contributed by atoms with van der Waals surface area (Å²) in [5, 5.41) is 5.58. The van der Waals surface area contributed by atoms with E-state index in [1.54, 1.807) is 0 Å². The van der Waals surface area contributed by atoms with Gasteiger partial charge in [0, 0.05) is 5.02 Å². The Morgan fingerprint density at radius 3 is 2.59 bits per heavy atom.